The third-order valence-electron chi connectivity index (χ3n) is 3.28. The third-order valence-corrected chi connectivity index (χ3v) is 3.28. The van der Waals surface area contributed by atoms with E-state index in [1.54, 1.807) is 12.1 Å². The van der Waals surface area contributed by atoms with Crippen molar-refractivity contribution in [1.82, 2.24) is 0 Å². The van der Waals surface area contributed by atoms with E-state index in [0.29, 0.717) is 6.42 Å². The number of nitrogens with one attached hydrogen (secondary N) is 1. The molecule has 0 fully saturated rings. The molecule has 0 saturated heterocycles. The fourth-order valence-electron chi connectivity index (χ4n) is 2.13. The Balaban J connectivity index is 2.06. The molecule has 6 heteroatoms. The second kappa shape index (κ2) is 9.33. The zero-order chi connectivity index (χ0) is 16.4. The van der Waals surface area contributed by atoms with Crippen molar-refractivity contribution in [3.05, 3.63) is 29.8 Å². The number of rotatable bonds is 10. The molecule has 1 aromatic rings. The van der Waals surface area contributed by atoms with Crippen molar-refractivity contribution in [2.24, 2.45) is 0 Å². The third kappa shape index (κ3) is 9.26. The summed E-state index contributed by atoms with van der Waals surface area (Å²) in [6.45, 7) is 0.761. The highest BCUT2D eigenvalue weighted by molar-refractivity contribution is 5.70. The summed E-state index contributed by atoms with van der Waals surface area (Å²) in [6, 6.07) is 7.21. The molecular formula is C16H22F3NO2. The summed E-state index contributed by atoms with van der Waals surface area (Å²) in [7, 11) is 0. The first-order valence-corrected chi connectivity index (χ1v) is 7.48. The number of carbonyl (C=O) groups is 1. The molecule has 124 valence electrons. The lowest BCUT2D eigenvalue weighted by atomic mass is 10.1. The van der Waals surface area contributed by atoms with Crippen LogP contribution < -0.4 is 5.32 Å². The SMILES string of the molecule is O=C(O)Cc1ccc(NCCCCCCCC(F)(F)F)cc1. The van der Waals surface area contributed by atoms with Crippen LogP contribution in [0.3, 0.4) is 0 Å². The van der Waals surface area contributed by atoms with Gasteiger partial charge in [-0.05, 0) is 30.5 Å². The molecule has 0 atom stereocenters. The molecule has 0 aliphatic rings. The summed E-state index contributed by atoms with van der Waals surface area (Å²) in [4.78, 5) is 10.5. The second-order valence-corrected chi connectivity index (χ2v) is 5.33. The Morgan fingerprint density at radius 1 is 1.00 bits per heavy atom. The van der Waals surface area contributed by atoms with E-state index in [1.807, 2.05) is 12.1 Å². The average molecular weight is 317 g/mol. The largest absolute Gasteiger partial charge is 0.481 e. The lowest BCUT2D eigenvalue weighted by molar-refractivity contribution is -0.136. The van der Waals surface area contributed by atoms with Crippen LogP contribution in [0.4, 0.5) is 18.9 Å². The van der Waals surface area contributed by atoms with Gasteiger partial charge in [0.15, 0.2) is 0 Å². The summed E-state index contributed by atoms with van der Waals surface area (Å²) in [5.74, 6) is -0.855. The van der Waals surface area contributed by atoms with Crippen LogP contribution in [0.2, 0.25) is 0 Å². The van der Waals surface area contributed by atoms with Gasteiger partial charge >= 0.3 is 12.1 Å². The second-order valence-electron chi connectivity index (χ2n) is 5.33. The highest BCUT2D eigenvalue weighted by Crippen LogP contribution is 2.23. The van der Waals surface area contributed by atoms with E-state index in [0.717, 1.165) is 37.1 Å². The van der Waals surface area contributed by atoms with Gasteiger partial charge in [-0.2, -0.15) is 13.2 Å². The van der Waals surface area contributed by atoms with Crippen molar-refractivity contribution in [3.63, 3.8) is 0 Å². The van der Waals surface area contributed by atoms with E-state index < -0.39 is 18.6 Å². The Labute approximate surface area is 128 Å². The number of alkyl halides is 3. The first-order chi connectivity index (χ1) is 10.4. The molecule has 0 aliphatic carbocycles. The van der Waals surface area contributed by atoms with Gasteiger partial charge in [0.1, 0.15) is 0 Å². The van der Waals surface area contributed by atoms with E-state index >= 15 is 0 Å². The molecule has 2 N–H and O–H groups in total. The summed E-state index contributed by atoms with van der Waals surface area (Å²) < 4.78 is 35.8. The van der Waals surface area contributed by atoms with E-state index in [2.05, 4.69) is 5.32 Å². The molecule has 1 aromatic carbocycles. The van der Waals surface area contributed by atoms with Gasteiger partial charge in [-0.3, -0.25) is 4.79 Å². The van der Waals surface area contributed by atoms with Crippen LogP contribution in [0.15, 0.2) is 24.3 Å². The van der Waals surface area contributed by atoms with Gasteiger partial charge in [0.2, 0.25) is 0 Å². The van der Waals surface area contributed by atoms with Crippen LogP contribution in [0.5, 0.6) is 0 Å². The number of hydrogen-bond donors (Lipinski definition) is 2. The maximum absolute atomic E-state index is 11.9. The first kappa shape index (κ1) is 18.3. The van der Waals surface area contributed by atoms with E-state index in [-0.39, 0.29) is 12.8 Å². The molecular weight excluding hydrogens is 295 g/mol. The van der Waals surface area contributed by atoms with Crippen molar-refractivity contribution < 1.29 is 23.1 Å². The normalized spacial score (nSPS) is 11.4. The Bertz CT molecular complexity index is 444. The van der Waals surface area contributed by atoms with Crippen molar-refractivity contribution in [2.45, 2.75) is 51.1 Å². The topological polar surface area (TPSA) is 49.3 Å². The van der Waals surface area contributed by atoms with Gasteiger partial charge < -0.3 is 10.4 Å². The first-order valence-electron chi connectivity index (χ1n) is 7.48. The lowest BCUT2D eigenvalue weighted by Gasteiger charge is -2.08. The van der Waals surface area contributed by atoms with Crippen molar-refractivity contribution in [1.29, 1.82) is 0 Å². The van der Waals surface area contributed by atoms with Crippen molar-refractivity contribution in [2.75, 3.05) is 11.9 Å². The van der Waals surface area contributed by atoms with Crippen molar-refractivity contribution >= 4 is 11.7 Å². The zero-order valence-corrected chi connectivity index (χ0v) is 12.5. The number of carboxylic acid groups (broad SMARTS) is 1. The molecule has 0 amide bonds. The maximum atomic E-state index is 11.9. The Morgan fingerprint density at radius 2 is 1.59 bits per heavy atom. The van der Waals surface area contributed by atoms with Gasteiger partial charge in [0.05, 0.1) is 6.42 Å². The molecule has 0 saturated carbocycles. The molecule has 0 unspecified atom stereocenters. The molecule has 0 bridgehead atoms. The highest BCUT2D eigenvalue weighted by atomic mass is 19.4. The average Bonchev–Trinajstić information content (AvgIpc) is 2.42. The van der Waals surface area contributed by atoms with E-state index in [9.17, 15) is 18.0 Å². The molecule has 0 radical (unpaired) electrons. The van der Waals surface area contributed by atoms with Crippen LogP contribution in [-0.4, -0.2) is 23.8 Å². The molecule has 0 spiro atoms. The number of anilines is 1. The minimum atomic E-state index is -4.03. The summed E-state index contributed by atoms with van der Waals surface area (Å²) in [5.41, 5.74) is 1.67. The minimum absolute atomic E-state index is 0.0121. The van der Waals surface area contributed by atoms with Crippen LogP contribution in [-0.2, 0) is 11.2 Å². The highest BCUT2D eigenvalue weighted by Gasteiger charge is 2.25. The van der Waals surface area contributed by atoms with Gasteiger partial charge in [-0.25, -0.2) is 0 Å². The number of benzene rings is 1. The van der Waals surface area contributed by atoms with Crippen molar-refractivity contribution in [3.8, 4) is 0 Å². The number of hydrogen-bond acceptors (Lipinski definition) is 2. The molecule has 0 aliphatic heterocycles. The van der Waals surface area contributed by atoms with Crippen LogP contribution in [0, 0.1) is 0 Å². The summed E-state index contributed by atoms with van der Waals surface area (Å²) in [5, 5.41) is 11.9. The molecule has 0 heterocycles. The van der Waals surface area contributed by atoms with Gasteiger partial charge in [-0.1, -0.05) is 31.4 Å². The van der Waals surface area contributed by atoms with Gasteiger partial charge in [-0.15, -0.1) is 0 Å². The summed E-state index contributed by atoms with van der Waals surface area (Å²) >= 11 is 0. The smallest absolute Gasteiger partial charge is 0.389 e. The van der Waals surface area contributed by atoms with Crippen LogP contribution >= 0.6 is 0 Å². The van der Waals surface area contributed by atoms with E-state index in [4.69, 9.17) is 5.11 Å². The van der Waals surface area contributed by atoms with E-state index in [1.165, 1.54) is 0 Å². The zero-order valence-electron chi connectivity index (χ0n) is 12.5. The summed E-state index contributed by atoms with van der Waals surface area (Å²) in [6.07, 6.45) is -1.26. The molecule has 1 rings (SSSR count). The number of unbranched alkanes of at least 4 members (excludes halogenated alkanes) is 4. The lowest BCUT2D eigenvalue weighted by Crippen LogP contribution is -2.06. The predicted molar refractivity (Wildman–Crippen MR) is 80.0 cm³/mol. The molecule has 0 aromatic heterocycles. The maximum Gasteiger partial charge on any atom is 0.389 e. The minimum Gasteiger partial charge on any atom is -0.481 e. The molecule has 3 nitrogen and oxygen atoms in total. The monoisotopic (exact) mass is 317 g/mol. The fourth-order valence-corrected chi connectivity index (χ4v) is 2.13. The quantitative estimate of drug-likeness (QED) is 0.619. The fraction of sp³-hybridized carbons (Fsp3) is 0.562. The Kier molecular flexibility index (Phi) is 7.77. The van der Waals surface area contributed by atoms with Gasteiger partial charge in [0.25, 0.3) is 0 Å². The number of halogens is 3. The van der Waals surface area contributed by atoms with Gasteiger partial charge in [0, 0.05) is 18.7 Å². The predicted octanol–water partition coefficient (Wildman–Crippen LogP) is 4.63. The van der Waals surface area contributed by atoms with Crippen LogP contribution in [0.25, 0.3) is 0 Å². The number of carboxylic acids is 1. The molecule has 22 heavy (non-hydrogen) atoms. The van der Waals surface area contributed by atoms with Crippen LogP contribution in [0.1, 0.15) is 44.1 Å². The number of aliphatic carboxylic acids is 1. The standard InChI is InChI=1S/C16H22F3NO2/c17-16(18,19)10-4-2-1-3-5-11-20-14-8-6-13(7-9-14)12-15(21)22/h6-9,20H,1-5,10-12H2,(H,21,22). The Hall–Kier alpha value is -1.72. The Morgan fingerprint density at radius 3 is 2.18 bits per heavy atom.